The number of alkyl halides is 5. The minimum atomic E-state index is -4.65. The van der Waals surface area contributed by atoms with Gasteiger partial charge in [0.1, 0.15) is 29.4 Å². The summed E-state index contributed by atoms with van der Waals surface area (Å²) in [5.74, 6) is -0.193. The molecule has 0 amide bonds. The molecule has 1 N–H and O–H groups in total. The number of aliphatic hydroxyl groups is 1. The van der Waals surface area contributed by atoms with E-state index in [1.54, 1.807) is 0 Å². The summed E-state index contributed by atoms with van der Waals surface area (Å²) in [7, 11) is 0. The van der Waals surface area contributed by atoms with Crippen molar-refractivity contribution in [3.8, 4) is 5.75 Å². The third-order valence-electron chi connectivity index (χ3n) is 4.81. The van der Waals surface area contributed by atoms with Gasteiger partial charge in [0.25, 0.3) is 0 Å². The maximum atomic E-state index is 13.8. The van der Waals surface area contributed by atoms with Crippen LogP contribution in [0.1, 0.15) is 24.0 Å². The van der Waals surface area contributed by atoms with Crippen molar-refractivity contribution in [1.29, 1.82) is 0 Å². The van der Waals surface area contributed by atoms with E-state index in [0.717, 1.165) is 17.1 Å². The van der Waals surface area contributed by atoms with Crippen LogP contribution in [0.5, 0.6) is 5.75 Å². The molecule has 1 atom stereocenters. The topological polar surface area (TPSA) is 60.2 Å². The van der Waals surface area contributed by atoms with Gasteiger partial charge in [-0.05, 0) is 43.0 Å². The van der Waals surface area contributed by atoms with E-state index in [1.165, 1.54) is 25.4 Å². The van der Waals surface area contributed by atoms with E-state index >= 15 is 0 Å². The summed E-state index contributed by atoms with van der Waals surface area (Å²) in [5, 5.41) is 15.0. The molecule has 1 aliphatic carbocycles. The molecule has 1 unspecified atom stereocenters. The van der Waals surface area contributed by atoms with Gasteiger partial charge in [-0.1, -0.05) is 6.07 Å². The highest BCUT2D eigenvalue weighted by Crippen LogP contribution is 2.67. The van der Waals surface area contributed by atoms with Crippen LogP contribution in [-0.4, -0.2) is 32.7 Å². The molecular formula is C16H16F5N3O2. The van der Waals surface area contributed by atoms with Crippen molar-refractivity contribution in [1.82, 2.24) is 14.8 Å². The Balaban J connectivity index is 2.07. The first-order valence-corrected chi connectivity index (χ1v) is 7.76. The second kappa shape index (κ2) is 6.19. The number of aryl methyl sites for hydroxylation is 1. The van der Waals surface area contributed by atoms with Gasteiger partial charge in [0.05, 0.1) is 6.54 Å². The number of nitrogens with zero attached hydrogens (tertiary/aromatic N) is 3. The second-order valence-electron chi connectivity index (χ2n) is 6.39. The van der Waals surface area contributed by atoms with Crippen LogP contribution in [0.2, 0.25) is 0 Å². The van der Waals surface area contributed by atoms with Crippen LogP contribution in [0, 0.1) is 12.3 Å². The Morgan fingerprint density at radius 1 is 1.31 bits per heavy atom. The molecule has 0 radical (unpaired) electrons. The average Bonchev–Trinajstić information content (AvgIpc) is 3.21. The summed E-state index contributed by atoms with van der Waals surface area (Å²) in [5.41, 5.74) is -4.46. The van der Waals surface area contributed by atoms with E-state index in [0.29, 0.717) is 0 Å². The third-order valence-corrected chi connectivity index (χ3v) is 4.81. The Hall–Kier alpha value is -2.23. The lowest BCUT2D eigenvalue weighted by Crippen LogP contribution is -2.49. The largest absolute Gasteiger partial charge is 0.435 e. The molecule has 0 saturated heterocycles. The maximum absolute atomic E-state index is 13.8. The smallest absolute Gasteiger partial charge is 0.397 e. The number of hydrogen-bond acceptors (Lipinski definition) is 4. The molecule has 26 heavy (non-hydrogen) atoms. The van der Waals surface area contributed by atoms with Gasteiger partial charge in [-0.25, -0.2) is 9.67 Å². The molecule has 0 aliphatic heterocycles. The lowest BCUT2D eigenvalue weighted by atomic mass is 9.76. The van der Waals surface area contributed by atoms with E-state index in [4.69, 9.17) is 0 Å². The van der Waals surface area contributed by atoms with Crippen molar-refractivity contribution in [3.63, 3.8) is 0 Å². The monoisotopic (exact) mass is 377 g/mol. The van der Waals surface area contributed by atoms with Gasteiger partial charge >= 0.3 is 12.8 Å². The number of rotatable bonds is 6. The van der Waals surface area contributed by atoms with E-state index in [9.17, 15) is 27.1 Å². The van der Waals surface area contributed by atoms with E-state index in [1.807, 2.05) is 0 Å². The highest BCUT2D eigenvalue weighted by molar-refractivity contribution is 5.41. The quantitative estimate of drug-likeness (QED) is 0.784. The van der Waals surface area contributed by atoms with Crippen molar-refractivity contribution in [2.24, 2.45) is 5.41 Å². The molecular weight excluding hydrogens is 361 g/mol. The van der Waals surface area contributed by atoms with Gasteiger partial charge in [0.2, 0.25) is 0 Å². The van der Waals surface area contributed by atoms with Crippen molar-refractivity contribution >= 4 is 0 Å². The molecule has 0 spiro atoms. The minimum absolute atomic E-state index is 0.00978. The first kappa shape index (κ1) is 18.6. The van der Waals surface area contributed by atoms with Gasteiger partial charge in [0, 0.05) is 0 Å². The summed E-state index contributed by atoms with van der Waals surface area (Å²) >= 11 is 0. The lowest BCUT2D eigenvalue weighted by Gasteiger charge is -2.39. The van der Waals surface area contributed by atoms with Crippen LogP contribution in [0.25, 0.3) is 0 Å². The molecule has 5 nitrogen and oxygen atoms in total. The molecule has 1 aromatic heterocycles. The number of halogens is 5. The first-order valence-electron chi connectivity index (χ1n) is 7.76. The number of benzene rings is 1. The van der Waals surface area contributed by atoms with Gasteiger partial charge in [0.15, 0.2) is 0 Å². The molecule has 1 aliphatic rings. The van der Waals surface area contributed by atoms with Gasteiger partial charge in [-0.2, -0.15) is 27.1 Å². The van der Waals surface area contributed by atoms with E-state index in [-0.39, 0.29) is 29.7 Å². The average molecular weight is 377 g/mol. The van der Waals surface area contributed by atoms with Gasteiger partial charge < -0.3 is 9.84 Å². The maximum Gasteiger partial charge on any atom is 0.397 e. The van der Waals surface area contributed by atoms with Gasteiger partial charge in [-0.15, -0.1) is 0 Å². The number of hydrogen-bond donors (Lipinski definition) is 1. The fourth-order valence-electron chi connectivity index (χ4n) is 3.38. The van der Waals surface area contributed by atoms with Crippen molar-refractivity contribution in [3.05, 3.63) is 42.0 Å². The van der Waals surface area contributed by atoms with Crippen LogP contribution < -0.4 is 4.74 Å². The highest BCUT2D eigenvalue weighted by Gasteiger charge is 2.74. The van der Waals surface area contributed by atoms with Crippen LogP contribution in [0.15, 0.2) is 30.9 Å². The molecule has 1 aromatic carbocycles. The van der Waals surface area contributed by atoms with Crippen molar-refractivity contribution in [2.45, 2.75) is 44.7 Å². The molecule has 142 valence electrons. The molecule has 1 saturated carbocycles. The van der Waals surface area contributed by atoms with Crippen LogP contribution in [0.4, 0.5) is 22.0 Å². The molecule has 0 bridgehead atoms. The van der Waals surface area contributed by atoms with Crippen molar-refractivity contribution in [2.75, 3.05) is 0 Å². The van der Waals surface area contributed by atoms with Crippen LogP contribution in [0.3, 0.4) is 0 Å². The highest BCUT2D eigenvalue weighted by atomic mass is 19.4. The van der Waals surface area contributed by atoms with Crippen molar-refractivity contribution < 1.29 is 31.8 Å². The summed E-state index contributed by atoms with van der Waals surface area (Å²) < 4.78 is 71.4. The molecule has 1 fully saturated rings. The lowest BCUT2D eigenvalue weighted by molar-refractivity contribution is -0.250. The Morgan fingerprint density at radius 3 is 2.46 bits per heavy atom. The summed E-state index contributed by atoms with van der Waals surface area (Å²) in [4.78, 5) is 3.69. The minimum Gasteiger partial charge on any atom is -0.435 e. The predicted molar refractivity (Wildman–Crippen MR) is 79.5 cm³/mol. The second-order valence-corrected chi connectivity index (χ2v) is 6.39. The summed E-state index contributed by atoms with van der Waals surface area (Å²) in [6.45, 7) is -2.09. The Bertz CT molecular complexity index is 775. The standard InChI is InChI=1S/C16H16F5N3O2/c1-10-6-11(26-13(17)18)2-3-12(10)15(25,7-24-9-22-8-23-24)14(4-5-14)16(19,20)21/h2-3,6,8-9,13,25H,4-5,7H2,1H3. The van der Waals surface area contributed by atoms with Gasteiger partial charge in [-0.3, -0.25) is 0 Å². The third kappa shape index (κ3) is 3.02. The first-order chi connectivity index (χ1) is 12.1. The fourth-order valence-corrected chi connectivity index (χ4v) is 3.38. The molecule has 10 heteroatoms. The predicted octanol–water partition coefficient (Wildman–Crippen LogP) is 3.42. The molecule has 2 aromatic rings. The summed E-state index contributed by atoms with van der Waals surface area (Å²) in [6, 6.07) is 3.49. The van der Waals surface area contributed by atoms with E-state index < -0.39 is 30.3 Å². The fraction of sp³-hybridized carbons (Fsp3) is 0.500. The zero-order valence-corrected chi connectivity index (χ0v) is 13.7. The molecule has 3 rings (SSSR count). The summed E-state index contributed by atoms with van der Waals surface area (Å²) in [6.07, 6.45) is -2.76. The Morgan fingerprint density at radius 2 is 2.00 bits per heavy atom. The van der Waals surface area contributed by atoms with E-state index in [2.05, 4.69) is 14.8 Å². The Labute approximate surface area is 145 Å². The van der Waals surface area contributed by atoms with Crippen LogP contribution >= 0.6 is 0 Å². The zero-order chi connectivity index (χ0) is 19.2. The number of aromatic nitrogens is 3. The zero-order valence-electron chi connectivity index (χ0n) is 13.7. The normalized spacial score (nSPS) is 18.6. The Kier molecular flexibility index (Phi) is 4.41. The SMILES string of the molecule is Cc1cc(OC(F)F)ccc1C(O)(Cn1cncn1)C1(C(F)(F)F)CC1. The molecule has 1 heterocycles. The number of ether oxygens (including phenoxy) is 1. The van der Waals surface area contributed by atoms with Crippen LogP contribution in [-0.2, 0) is 12.1 Å².